The molecule has 0 radical (unpaired) electrons. The molecule has 3 rings (SSSR count). The molecule has 0 unspecified atom stereocenters. The highest BCUT2D eigenvalue weighted by Gasteiger charge is 2.47. The molecular weight excluding hydrogens is 363 g/mol. The van der Waals surface area contributed by atoms with Crippen molar-refractivity contribution in [1.29, 1.82) is 0 Å². The molecule has 28 heavy (non-hydrogen) atoms. The minimum Gasteiger partial charge on any atom is -0.507 e. The van der Waals surface area contributed by atoms with Gasteiger partial charge in [-0.25, -0.2) is 4.39 Å². The van der Waals surface area contributed by atoms with Crippen molar-refractivity contribution >= 4 is 17.4 Å². The highest BCUT2D eigenvalue weighted by atomic mass is 19.1. The lowest BCUT2D eigenvalue weighted by Crippen LogP contribution is -3.12. The molecule has 0 spiro atoms. The molecule has 0 bridgehead atoms. The maximum Gasteiger partial charge on any atom is 0.295 e. The molecule has 1 atom stereocenters. The van der Waals surface area contributed by atoms with Gasteiger partial charge in [-0.3, -0.25) is 9.59 Å². The predicted octanol–water partition coefficient (Wildman–Crippen LogP) is 1.77. The Morgan fingerprint density at radius 2 is 1.86 bits per heavy atom. The van der Waals surface area contributed by atoms with Gasteiger partial charge < -0.3 is 19.3 Å². The number of amides is 1. The summed E-state index contributed by atoms with van der Waals surface area (Å²) in [5.74, 6) is -1.83. The van der Waals surface area contributed by atoms with E-state index in [-0.39, 0.29) is 16.9 Å². The number of halogens is 1. The average Bonchev–Trinajstić information content (AvgIpc) is 3.31. The van der Waals surface area contributed by atoms with Gasteiger partial charge in [0.2, 0.25) is 0 Å². The zero-order chi connectivity index (χ0) is 20.3. The zero-order valence-corrected chi connectivity index (χ0v) is 15.9. The van der Waals surface area contributed by atoms with E-state index in [1.54, 1.807) is 12.1 Å². The number of nitrogens with one attached hydrogen (secondary N) is 1. The highest BCUT2D eigenvalue weighted by Crippen LogP contribution is 2.39. The van der Waals surface area contributed by atoms with Crippen molar-refractivity contribution in [3.05, 3.63) is 65.4 Å². The Hall–Kier alpha value is -2.93. The van der Waals surface area contributed by atoms with E-state index in [0.717, 1.165) is 13.1 Å². The lowest BCUT2D eigenvalue weighted by atomic mass is 9.99. The molecule has 1 aromatic heterocycles. The second-order valence-electron chi connectivity index (χ2n) is 6.72. The van der Waals surface area contributed by atoms with Gasteiger partial charge in [-0.1, -0.05) is 0 Å². The Kier molecular flexibility index (Phi) is 5.94. The number of furan rings is 1. The lowest BCUT2D eigenvalue weighted by molar-refractivity contribution is -0.895. The summed E-state index contributed by atoms with van der Waals surface area (Å²) in [5, 5.41) is 10.8. The molecule has 0 saturated carbocycles. The van der Waals surface area contributed by atoms with Gasteiger partial charge in [0.25, 0.3) is 11.7 Å². The number of carbonyl (C=O) groups is 2. The molecule has 6 nitrogen and oxygen atoms in total. The van der Waals surface area contributed by atoms with Gasteiger partial charge in [-0.05, 0) is 50.2 Å². The Labute approximate surface area is 162 Å². The number of Topliss-reactive ketones (excluding diaryl/α,β-unsaturated/α-hetero) is 1. The van der Waals surface area contributed by atoms with Crippen LogP contribution in [0.15, 0.2) is 52.7 Å². The van der Waals surface area contributed by atoms with E-state index >= 15 is 0 Å². The minimum absolute atomic E-state index is 0.0406. The fraction of sp³-hybridized carbons (Fsp3) is 0.333. The van der Waals surface area contributed by atoms with Crippen LogP contribution in [0.2, 0.25) is 0 Å². The van der Waals surface area contributed by atoms with Crippen LogP contribution in [0.4, 0.5) is 4.39 Å². The number of hydrogen-bond donors (Lipinski definition) is 2. The molecule has 1 aliphatic rings. The van der Waals surface area contributed by atoms with Crippen LogP contribution in [0, 0.1) is 5.82 Å². The van der Waals surface area contributed by atoms with Gasteiger partial charge in [-0.15, -0.1) is 0 Å². The SMILES string of the molecule is CC[NH+](CC)CCN1C(=O)C(=O)C(=C(O)c2ccc(F)cc2)[C@H]1c1ccco1. The van der Waals surface area contributed by atoms with Gasteiger partial charge in [0, 0.05) is 5.56 Å². The van der Waals surface area contributed by atoms with Gasteiger partial charge in [0.1, 0.15) is 23.4 Å². The average molecular weight is 387 g/mol. The summed E-state index contributed by atoms with van der Waals surface area (Å²) >= 11 is 0. The Morgan fingerprint density at radius 1 is 1.18 bits per heavy atom. The van der Waals surface area contributed by atoms with Crippen LogP contribution in [-0.2, 0) is 9.59 Å². The first-order valence-electron chi connectivity index (χ1n) is 9.39. The number of aliphatic hydroxyl groups excluding tert-OH is 1. The fourth-order valence-electron chi connectivity index (χ4n) is 3.50. The minimum atomic E-state index is -0.810. The Balaban J connectivity index is 2.03. The van der Waals surface area contributed by atoms with Crippen LogP contribution in [0.5, 0.6) is 0 Å². The number of hydrogen-bond acceptors (Lipinski definition) is 4. The summed E-state index contributed by atoms with van der Waals surface area (Å²) in [4.78, 5) is 28.2. The number of nitrogens with zero attached hydrogens (tertiary/aromatic N) is 1. The number of aliphatic hydroxyl groups is 1. The monoisotopic (exact) mass is 387 g/mol. The van der Waals surface area contributed by atoms with Crippen LogP contribution in [0.3, 0.4) is 0 Å². The number of likely N-dealkylation sites (N-methyl/N-ethyl adjacent to an activating group) is 1. The van der Waals surface area contributed by atoms with E-state index in [0.29, 0.717) is 18.8 Å². The van der Waals surface area contributed by atoms with Crippen molar-refractivity contribution in [2.75, 3.05) is 26.2 Å². The van der Waals surface area contributed by atoms with Gasteiger partial charge in [-0.2, -0.15) is 0 Å². The summed E-state index contributed by atoms with van der Waals surface area (Å²) in [6, 6.07) is 7.66. The van der Waals surface area contributed by atoms with E-state index in [9.17, 15) is 19.1 Å². The molecule has 1 amide bonds. The molecule has 7 heteroatoms. The van der Waals surface area contributed by atoms with Crippen molar-refractivity contribution < 1.29 is 28.4 Å². The Morgan fingerprint density at radius 3 is 2.43 bits per heavy atom. The van der Waals surface area contributed by atoms with Crippen molar-refractivity contribution in [3.8, 4) is 0 Å². The summed E-state index contributed by atoms with van der Waals surface area (Å²) in [5.41, 5.74) is 0.228. The molecule has 0 aliphatic carbocycles. The third-order valence-corrected chi connectivity index (χ3v) is 5.18. The third-order valence-electron chi connectivity index (χ3n) is 5.18. The molecule has 1 aromatic carbocycles. The molecule has 1 fully saturated rings. The lowest BCUT2D eigenvalue weighted by Gasteiger charge is -2.25. The summed E-state index contributed by atoms with van der Waals surface area (Å²) < 4.78 is 18.7. The number of likely N-dealkylation sites (tertiary alicyclic amines) is 1. The number of ketones is 1. The van der Waals surface area contributed by atoms with Crippen LogP contribution < -0.4 is 4.90 Å². The third kappa shape index (κ3) is 3.71. The second kappa shape index (κ2) is 8.39. The van der Waals surface area contributed by atoms with E-state index in [2.05, 4.69) is 13.8 Å². The predicted molar refractivity (Wildman–Crippen MR) is 101 cm³/mol. The van der Waals surface area contributed by atoms with Crippen LogP contribution in [-0.4, -0.2) is 47.9 Å². The largest absolute Gasteiger partial charge is 0.507 e. The summed E-state index contributed by atoms with van der Waals surface area (Å²) in [7, 11) is 0. The van der Waals surface area contributed by atoms with Crippen molar-refractivity contribution in [2.24, 2.45) is 0 Å². The van der Waals surface area contributed by atoms with Gasteiger partial charge in [0.05, 0.1) is 38.0 Å². The quantitative estimate of drug-likeness (QED) is 0.431. The highest BCUT2D eigenvalue weighted by molar-refractivity contribution is 6.46. The number of quaternary nitrogens is 1. The molecule has 1 aliphatic heterocycles. The first-order chi connectivity index (χ1) is 13.5. The van der Waals surface area contributed by atoms with Gasteiger partial charge in [0.15, 0.2) is 0 Å². The first-order valence-corrected chi connectivity index (χ1v) is 9.39. The normalized spacial score (nSPS) is 19.0. The maximum atomic E-state index is 13.2. The second-order valence-corrected chi connectivity index (χ2v) is 6.72. The van der Waals surface area contributed by atoms with Crippen LogP contribution >= 0.6 is 0 Å². The van der Waals surface area contributed by atoms with Crippen molar-refractivity contribution in [1.82, 2.24) is 4.90 Å². The molecule has 148 valence electrons. The molecular formula is C21H24FN2O4+. The molecule has 2 aromatic rings. The number of carbonyl (C=O) groups excluding carboxylic acids is 2. The zero-order valence-electron chi connectivity index (χ0n) is 15.9. The Bertz CT molecular complexity index is 870. The van der Waals surface area contributed by atoms with E-state index < -0.39 is 23.5 Å². The van der Waals surface area contributed by atoms with E-state index in [1.165, 1.54) is 40.3 Å². The smallest absolute Gasteiger partial charge is 0.295 e. The molecule has 1 saturated heterocycles. The van der Waals surface area contributed by atoms with Crippen LogP contribution in [0.25, 0.3) is 5.76 Å². The van der Waals surface area contributed by atoms with Gasteiger partial charge >= 0.3 is 0 Å². The standard InChI is InChI=1S/C21H23FN2O4/c1-3-23(4-2)11-12-24-18(16-6-5-13-28-16)17(20(26)21(24)27)19(25)14-7-9-15(22)10-8-14/h5-10,13,18,25H,3-4,11-12H2,1-2H3/p+1/t18-/m1/s1. The topological polar surface area (TPSA) is 75.2 Å². The first kappa shape index (κ1) is 19.8. The number of benzene rings is 1. The van der Waals surface area contributed by atoms with Crippen molar-refractivity contribution in [3.63, 3.8) is 0 Å². The number of rotatable bonds is 7. The maximum absolute atomic E-state index is 13.2. The summed E-state index contributed by atoms with van der Waals surface area (Å²) in [6.07, 6.45) is 1.46. The van der Waals surface area contributed by atoms with E-state index in [4.69, 9.17) is 4.42 Å². The summed E-state index contributed by atoms with van der Waals surface area (Å²) in [6.45, 7) is 6.96. The molecule has 2 N–H and O–H groups in total. The van der Waals surface area contributed by atoms with E-state index in [1.807, 2.05) is 0 Å². The van der Waals surface area contributed by atoms with Crippen LogP contribution in [0.1, 0.15) is 31.2 Å². The fourth-order valence-corrected chi connectivity index (χ4v) is 3.50. The van der Waals surface area contributed by atoms with Crippen molar-refractivity contribution in [2.45, 2.75) is 19.9 Å². The molecule has 2 heterocycles.